The third-order valence-corrected chi connectivity index (χ3v) is 5.08. The number of hydrogen-bond acceptors (Lipinski definition) is 6. The van der Waals surface area contributed by atoms with Gasteiger partial charge in [0.2, 0.25) is 15.9 Å². The maximum absolute atomic E-state index is 14.7. The van der Waals surface area contributed by atoms with E-state index in [1.165, 1.54) is 30.6 Å². The van der Waals surface area contributed by atoms with Gasteiger partial charge >= 0.3 is 0 Å². The van der Waals surface area contributed by atoms with Gasteiger partial charge in [-0.05, 0) is 49.4 Å². The van der Waals surface area contributed by atoms with Gasteiger partial charge in [0, 0.05) is 28.4 Å². The second-order valence-corrected chi connectivity index (χ2v) is 7.89. The van der Waals surface area contributed by atoms with Crippen LogP contribution in [0.3, 0.4) is 0 Å². The number of primary sulfonamides is 1. The van der Waals surface area contributed by atoms with Gasteiger partial charge in [0.25, 0.3) is 0 Å². The molecule has 0 unspecified atom stereocenters. The van der Waals surface area contributed by atoms with Crippen LogP contribution >= 0.6 is 0 Å². The van der Waals surface area contributed by atoms with Crippen molar-refractivity contribution in [2.24, 2.45) is 5.14 Å². The zero-order valence-corrected chi connectivity index (χ0v) is 16.0. The first-order chi connectivity index (χ1) is 13.8. The summed E-state index contributed by atoms with van der Waals surface area (Å²) in [5.41, 5.74) is 2.11. The molecule has 0 radical (unpaired) electrons. The van der Waals surface area contributed by atoms with E-state index in [2.05, 4.69) is 20.3 Å². The first kappa shape index (κ1) is 18.8. The van der Waals surface area contributed by atoms with Crippen LogP contribution in [-0.2, 0) is 10.0 Å². The summed E-state index contributed by atoms with van der Waals surface area (Å²) < 4.78 is 42.9. The van der Waals surface area contributed by atoms with Gasteiger partial charge in [-0.1, -0.05) is 0 Å². The Balaban J connectivity index is 1.55. The van der Waals surface area contributed by atoms with E-state index in [9.17, 15) is 12.8 Å². The first-order valence-corrected chi connectivity index (χ1v) is 10.0. The highest BCUT2D eigenvalue weighted by Crippen LogP contribution is 2.30. The molecule has 29 heavy (non-hydrogen) atoms. The van der Waals surface area contributed by atoms with Crippen LogP contribution in [0.1, 0.15) is 5.69 Å². The highest BCUT2D eigenvalue weighted by molar-refractivity contribution is 7.89. The lowest BCUT2D eigenvalue weighted by atomic mass is 10.2. The minimum absolute atomic E-state index is 0.000575. The Morgan fingerprint density at radius 1 is 1.10 bits per heavy atom. The van der Waals surface area contributed by atoms with Gasteiger partial charge in [0.15, 0.2) is 11.6 Å². The molecule has 0 spiro atoms. The number of nitrogens with one attached hydrogen (secondary N) is 2. The molecule has 4 N–H and O–H groups in total. The number of nitrogens with zero attached hydrogens (tertiary/aromatic N) is 2. The molecule has 0 bridgehead atoms. The Kier molecular flexibility index (Phi) is 4.65. The van der Waals surface area contributed by atoms with E-state index in [1.807, 2.05) is 6.92 Å². The fraction of sp³-hybridized carbons (Fsp3) is 0.0526. The third kappa shape index (κ3) is 4.03. The van der Waals surface area contributed by atoms with E-state index in [4.69, 9.17) is 9.88 Å². The summed E-state index contributed by atoms with van der Waals surface area (Å²) in [6, 6.07) is 12.3. The van der Waals surface area contributed by atoms with E-state index in [0.717, 1.165) is 5.69 Å². The Labute approximate surface area is 165 Å². The molecule has 2 aromatic carbocycles. The summed E-state index contributed by atoms with van der Waals surface area (Å²) in [6.45, 7) is 1.85. The van der Waals surface area contributed by atoms with E-state index in [0.29, 0.717) is 22.4 Å². The molecule has 0 fully saturated rings. The van der Waals surface area contributed by atoms with Crippen LogP contribution in [-0.4, -0.2) is 23.4 Å². The predicted octanol–water partition coefficient (Wildman–Crippen LogP) is 3.59. The van der Waals surface area contributed by atoms with Crippen molar-refractivity contribution in [1.82, 2.24) is 15.0 Å². The molecular formula is C19H16FN5O3S. The molecule has 4 rings (SSSR count). The maximum Gasteiger partial charge on any atom is 0.238 e. The number of nitrogens with two attached hydrogens (primary N) is 1. The van der Waals surface area contributed by atoms with Crippen molar-refractivity contribution in [2.45, 2.75) is 11.8 Å². The molecule has 0 saturated heterocycles. The van der Waals surface area contributed by atoms with Crippen LogP contribution in [0.25, 0.3) is 10.9 Å². The normalized spacial score (nSPS) is 11.6. The molecule has 0 aliphatic heterocycles. The van der Waals surface area contributed by atoms with Crippen LogP contribution in [0.2, 0.25) is 0 Å². The lowest BCUT2D eigenvalue weighted by Gasteiger charge is -2.09. The highest BCUT2D eigenvalue weighted by Gasteiger charge is 2.13. The minimum Gasteiger partial charge on any atom is -0.436 e. The summed E-state index contributed by atoms with van der Waals surface area (Å²) in [5.74, 6) is 0.0868. The average Bonchev–Trinajstić information content (AvgIpc) is 3.05. The molecule has 0 saturated carbocycles. The molecule has 0 aliphatic carbocycles. The standard InChI is InChI=1S/C19H16FN5O3S/c1-11-8-14-15(24-11)6-7-16(19(14)20)28-18-9-17(22-10-23-18)25-12-2-4-13(5-3-12)29(21,26)27/h2-10,24H,1H3,(H2,21,26,27)(H,22,23,25). The molecule has 0 amide bonds. The molecule has 4 aromatic rings. The quantitative estimate of drug-likeness (QED) is 0.459. The van der Waals surface area contributed by atoms with Crippen LogP contribution in [0.4, 0.5) is 15.9 Å². The number of aromatic amines is 1. The molecule has 0 aliphatic rings. The van der Waals surface area contributed by atoms with Gasteiger partial charge < -0.3 is 15.0 Å². The topological polar surface area (TPSA) is 123 Å². The largest absolute Gasteiger partial charge is 0.436 e. The summed E-state index contributed by atoms with van der Waals surface area (Å²) in [7, 11) is -3.76. The number of rotatable bonds is 5. The Morgan fingerprint density at radius 2 is 1.86 bits per heavy atom. The van der Waals surface area contributed by atoms with Crippen molar-refractivity contribution >= 4 is 32.4 Å². The SMILES string of the molecule is Cc1cc2c(F)c(Oc3cc(Nc4ccc(S(N)(=O)=O)cc4)ncn3)ccc2[nH]1. The lowest BCUT2D eigenvalue weighted by Crippen LogP contribution is -2.11. The van der Waals surface area contributed by atoms with Gasteiger partial charge in [0.05, 0.1) is 4.90 Å². The number of anilines is 2. The number of aromatic nitrogens is 3. The fourth-order valence-electron chi connectivity index (χ4n) is 2.82. The Hall–Kier alpha value is -3.50. The van der Waals surface area contributed by atoms with Crippen molar-refractivity contribution in [3.05, 3.63) is 66.4 Å². The van der Waals surface area contributed by atoms with E-state index < -0.39 is 15.8 Å². The molecular weight excluding hydrogens is 397 g/mol. The van der Waals surface area contributed by atoms with Gasteiger partial charge in [0.1, 0.15) is 12.1 Å². The number of aryl methyl sites for hydroxylation is 1. The minimum atomic E-state index is -3.76. The Bertz CT molecular complexity index is 1300. The van der Waals surface area contributed by atoms with Crippen LogP contribution in [0, 0.1) is 12.7 Å². The van der Waals surface area contributed by atoms with Gasteiger partial charge in [-0.3, -0.25) is 0 Å². The first-order valence-electron chi connectivity index (χ1n) is 8.47. The summed E-state index contributed by atoms with van der Waals surface area (Å²) in [4.78, 5) is 11.1. The van der Waals surface area contributed by atoms with Gasteiger partial charge in [-0.15, -0.1) is 0 Å². The predicted molar refractivity (Wildman–Crippen MR) is 106 cm³/mol. The van der Waals surface area contributed by atoms with Gasteiger partial charge in [-0.2, -0.15) is 0 Å². The number of benzene rings is 2. The fourth-order valence-corrected chi connectivity index (χ4v) is 3.33. The van der Waals surface area contributed by atoms with E-state index >= 15 is 0 Å². The lowest BCUT2D eigenvalue weighted by molar-refractivity contribution is 0.430. The number of hydrogen-bond donors (Lipinski definition) is 3. The number of fused-ring (bicyclic) bond motifs is 1. The average molecular weight is 413 g/mol. The second kappa shape index (κ2) is 7.15. The van der Waals surface area contributed by atoms with Gasteiger partial charge in [-0.25, -0.2) is 27.9 Å². The Morgan fingerprint density at radius 3 is 2.59 bits per heavy atom. The molecule has 8 nitrogen and oxygen atoms in total. The molecule has 2 aromatic heterocycles. The van der Waals surface area contributed by atoms with Crippen LogP contribution in [0.5, 0.6) is 11.6 Å². The number of sulfonamides is 1. The summed E-state index contributed by atoms with van der Waals surface area (Å²) in [5, 5.41) is 8.51. The molecule has 10 heteroatoms. The van der Waals surface area contributed by atoms with Crippen molar-refractivity contribution in [3.63, 3.8) is 0 Å². The number of ether oxygens (including phenoxy) is 1. The zero-order valence-electron chi connectivity index (χ0n) is 15.2. The van der Waals surface area contributed by atoms with Crippen LogP contribution in [0.15, 0.2) is 59.8 Å². The molecule has 2 heterocycles. The smallest absolute Gasteiger partial charge is 0.238 e. The maximum atomic E-state index is 14.7. The highest BCUT2D eigenvalue weighted by atomic mass is 32.2. The second-order valence-electron chi connectivity index (χ2n) is 6.33. The molecule has 0 atom stereocenters. The van der Waals surface area contributed by atoms with Crippen molar-refractivity contribution in [2.75, 3.05) is 5.32 Å². The number of halogens is 1. The van der Waals surface area contributed by atoms with Crippen molar-refractivity contribution in [1.29, 1.82) is 0 Å². The third-order valence-electron chi connectivity index (χ3n) is 4.15. The van der Waals surface area contributed by atoms with E-state index in [-0.39, 0.29) is 16.5 Å². The van der Waals surface area contributed by atoms with E-state index in [1.54, 1.807) is 24.3 Å². The molecule has 148 valence electrons. The van der Waals surface area contributed by atoms with Crippen LogP contribution < -0.4 is 15.2 Å². The van der Waals surface area contributed by atoms with Crippen molar-refractivity contribution in [3.8, 4) is 11.6 Å². The monoisotopic (exact) mass is 413 g/mol. The van der Waals surface area contributed by atoms with Crippen molar-refractivity contribution < 1.29 is 17.5 Å². The summed E-state index contributed by atoms with van der Waals surface area (Å²) in [6.07, 6.45) is 1.27. The number of H-pyrrole nitrogens is 1. The summed E-state index contributed by atoms with van der Waals surface area (Å²) >= 11 is 0. The zero-order chi connectivity index (χ0) is 20.6.